The highest BCUT2D eigenvalue weighted by molar-refractivity contribution is 5.78. The van der Waals surface area contributed by atoms with Crippen molar-refractivity contribution >= 4 is 12.0 Å². The number of rotatable bonds is 1. The largest absolute Gasteiger partial charge is 0.444 e. The Morgan fingerprint density at radius 1 is 1.26 bits per heavy atom. The molecule has 2 saturated heterocycles. The van der Waals surface area contributed by atoms with Crippen molar-refractivity contribution in [2.75, 3.05) is 19.6 Å². The number of nitrogens with zero attached hydrogens (tertiary/aromatic N) is 1. The lowest BCUT2D eigenvalue weighted by Crippen LogP contribution is -2.53. The minimum absolute atomic E-state index is 0.0699. The Morgan fingerprint density at radius 2 is 1.93 bits per heavy atom. The van der Waals surface area contributed by atoms with Crippen LogP contribution in [0.4, 0.5) is 13.6 Å². The van der Waals surface area contributed by atoms with Gasteiger partial charge in [0.05, 0.1) is 0 Å². The van der Waals surface area contributed by atoms with Crippen LogP contribution in [0.1, 0.15) is 51.5 Å². The average Bonchev–Trinajstić information content (AvgIpc) is 2.55. The number of carbonyl (C=O) groups is 2. The minimum atomic E-state index is -0.620. The van der Waals surface area contributed by atoms with Gasteiger partial charge >= 0.3 is 6.09 Å². The van der Waals surface area contributed by atoms with Gasteiger partial charge in [-0.2, -0.15) is 0 Å². The molecule has 2 heterocycles. The summed E-state index contributed by atoms with van der Waals surface area (Å²) in [5.41, 5.74) is -0.599. The fourth-order valence-electron chi connectivity index (χ4n) is 4.15. The summed E-state index contributed by atoms with van der Waals surface area (Å²) >= 11 is 0. The molecular weight excluding hydrogens is 354 g/mol. The van der Waals surface area contributed by atoms with Crippen molar-refractivity contribution < 1.29 is 23.1 Å². The van der Waals surface area contributed by atoms with Crippen LogP contribution < -0.4 is 5.32 Å². The van der Waals surface area contributed by atoms with Crippen molar-refractivity contribution in [3.63, 3.8) is 0 Å². The van der Waals surface area contributed by atoms with E-state index in [4.69, 9.17) is 4.74 Å². The van der Waals surface area contributed by atoms with Gasteiger partial charge in [-0.3, -0.25) is 4.79 Å². The lowest BCUT2D eigenvalue weighted by molar-refractivity contribution is -0.128. The van der Waals surface area contributed by atoms with Gasteiger partial charge in [0.15, 0.2) is 0 Å². The van der Waals surface area contributed by atoms with Crippen LogP contribution in [0.5, 0.6) is 0 Å². The molecule has 0 radical (unpaired) electrons. The molecule has 1 N–H and O–H groups in total. The maximum Gasteiger partial charge on any atom is 0.410 e. The van der Waals surface area contributed by atoms with Crippen LogP contribution in [0.2, 0.25) is 0 Å². The summed E-state index contributed by atoms with van der Waals surface area (Å²) in [5, 5.41) is 2.80. The van der Waals surface area contributed by atoms with Crippen molar-refractivity contribution in [1.82, 2.24) is 10.2 Å². The van der Waals surface area contributed by atoms with Gasteiger partial charge in [-0.15, -0.1) is 0 Å². The van der Waals surface area contributed by atoms with E-state index in [9.17, 15) is 18.4 Å². The predicted molar refractivity (Wildman–Crippen MR) is 96.2 cm³/mol. The maximum absolute atomic E-state index is 14.4. The quantitative estimate of drug-likeness (QED) is 0.810. The monoisotopic (exact) mass is 380 g/mol. The number of piperidine rings is 2. The summed E-state index contributed by atoms with van der Waals surface area (Å²) in [6.07, 6.45) is 1.04. The summed E-state index contributed by atoms with van der Waals surface area (Å²) in [4.78, 5) is 26.0. The molecule has 1 atom stereocenters. The molecule has 2 aliphatic heterocycles. The third-order valence-electron chi connectivity index (χ3n) is 5.50. The van der Waals surface area contributed by atoms with Gasteiger partial charge in [-0.25, -0.2) is 13.6 Å². The zero-order valence-corrected chi connectivity index (χ0v) is 16.0. The van der Waals surface area contributed by atoms with Gasteiger partial charge in [0.1, 0.15) is 17.2 Å². The van der Waals surface area contributed by atoms with E-state index in [2.05, 4.69) is 5.32 Å². The molecule has 0 saturated carbocycles. The molecule has 0 aromatic heterocycles. The molecule has 148 valence electrons. The Morgan fingerprint density at radius 3 is 2.52 bits per heavy atom. The SMILES string of the molecule is CC(C)(C)OC(=O)N1CCC2(CC1)CC(=O)NCC2c1ccc(F)cc1F. The third-order valence-corrected chi connectivity index (χ3v) is 5.50. The Hall–Kier alpha value is -2.18. The van der Waals surface area contributed by atoms with Gasteiger partial charge in [0.25, 0.3) is 0 Å². The average molecular weight is 380 g/mol. The summed E-state index contributed by atoms with van der Waals surface area (Å²) in [6.45, 7) is 6.65. The first-order chi connectivity index (χ1) is 12.6. The number of nitrogens with one attached hydrogen (secondary N) is 1. The number of carbonyl (C=O) groups excluding carboxylic acids is 2. The smallest absolute Gasteiger partial charge is 0.410 e. The lowest BCUT2D eigenvalue weighted by atomic mass is 9.62. The van der Waals surface area contributed by atoms with Gasteiger partial charge in [0.2, 0.25) is 5.91 Å². The van der Waals surface area contributed by atoms with E-state index in [1.807, 2.05) is 20.8 Å². The number of ether oxygens (including phenoxy) is 1. The van der Waals surface area contributed by atoms with Crippen molar-refractivity contribution in [3.05, 3.63) is 35.4 Å². The fraction of sp³-hybridized carbons (Fsp3) is 0.600. The van der Waals surface area contributed by atoms with Gasteiger partial charge in [-0.05, 0) is 50.7 Å². The molecule has 2 fully saturated rings. The van der Waals surface area contributed by atoms with Crippen LogP contribution >= 0.6 is 0 Å². The second-order valence-corrected chi connectivity index (χ2v) is 8.53. The van der Waals surface area contributed by atoms with E-state index in [0.717, 1.165) is 6.07 Å². The molecule has 2 amide bonds. The highest BCUT2D eigenvalue weighted by atomic mass is 19.1. The van der Waals surface area contributed by atoms with Crippen LogP contribution in [-0.4, -0.2) is 42.1 Å². The molecule has 5 nitrogen and oxygen atoms in total. The molecule has 2 aliphatic rings. The number of halogens is 2. The first-order valence-corrected chi connectivity index (χ1v) is 9.29. The number of benzene rings is 1. The van der Waals surface area contributed by atoms with Crippen LogP contribution in [-0.2, 0) is 9.53 Å². The molecule has 1 unspecified atom stereocenters. The molecule has 7 heteroatoms. The van der Waals surface area contributed by atoms with E-state index >= 15 is 0 Å². The Kier molecular flexibility index (Phi) is 5.14. The number of hydrogen-bond donors (Lipinski definition) is 1. The summed E-state index contributed by atoms with van der Waals surface area (Å²) < 4.78 is 33.2. The van der Waals surface area contributed by atoms with Gasteiger partial charge < -0.3 is 15.0 Å². The van der Waals surface area contributed by atoms with Crippen molar-refractivity contribution in [3.8, 4) is 0 Å². The van der Waals surface area contributed by atoms with Crippen LogP contribution in [0.3, 0.4) is 0 Å². The highest BCUT2D eigenvalue weighted by Gasteiger charge is 2.47. The predicted octanol–water partition coefficient (Wildman–Crippen LogP) is 3.59. The van der Waals surface area contributed by atoms with Crippen molar-refractivity contribution in [2.24, 2.45) is 5.41 Å². The van der Waals surface area contributed by atoms with E-state index in [0.29, 0.717) is 38.0 Å². The topological polar surface area (TPSA) is 58.6 Å². The molecule has 1 aromatic carbocycles. The standard InChI is InChI=1S/C20H26F2N2O3/c1-19(2,3)27-18(26)24-8-6-20(7-9-24)11-17(25)23-12-15(20)14-5-4-13(21)10-16(14)22/h4-5,10,15H,6-9,11-12H2,1-3H3,(H,23,25). The Bertz CT molecular complexity index is 737. The summed E-state index contributed by atoms with van der Waals surface area (Å²) in [5.74, 6) is -1.54. The van der Waals surface area contributed by atoms with Crippen molar-refractivity contribution in [1.29, 1.82) is 0 Å². The molecular formula is C20H26F2N2O3. The Balaban J connectivity index is 1.80. The molecule has 0 bridgehead atoms. The van der Waals surface area contributed by atoms with Gasteiger partial charge in [-0.1, -0.05) is 6.07 Å². The van der Waals surface area contributed by atoms with Crippen molar-refractivity contribution in [2.45, 2.75) is 51.6 Å². The van der Waals surface area contributed by atoms with Crippen LogP contribution in [0.15, 0.2) is 18.2 Å². The molecule has 27 heavy (non-hydrogen) atoms. The molecule has 3 rings (SSSR count). The minimum Gasteiger partial charge on any atom is -0.444 e. The van der Waals surface area contributed by atoms with E-state index in [-0.39, 0.29) is 24.3 Å². The van der Waals surface area contributed by atoms with E-state index in [1.54, 1.807) is 4.90 Å². The summed E-state index contributed by atoms with van der Waals surface area (Å²) in [6, 6.07) is 3.60. The first kappa shape index (κ1) is 19.6. The first-order valence-electron chi connectivity index (χ1n) is 9.29. The fourth-order valence-corrected chi connectivity index (χ4v) is 4.15. The zero-order valence-electron chi connectivity index (χ0n) is 16.0. The number of likely N-dealkylation sites (tertiary alicyclic amines) is 1. The van der Waals surface area contributed by atoms with Gasteiger partial charge in [0, 0.05) is 38.0 Å². The zero-order chi connectivity index (χ0) is 19.8. The summed E-state index contributed by atoms with van der Waals surface area (Å²) in [7, 11) is 0. The Labute approximate surface area is 158 Å². The van der Waals surface area contributed by atoms with Crippen LogP contribution in [0.25, 0.3) is 0 Å². The third kappa shape index (κ3) is 4.22. The molecule has 1 spiro atoms. The second-order valence-electron chi connectivity index (χ2n) is 8.53. The van der Waals surface area contributed by atoms with E-state index < -0.39 is 22.7 Å². The molecule has 0 aliphatic carbocycles. The van der Waals surface area contributed by atoms with E-state index in [1.165, 1.54) is 12.1 Å². The highest BCUT2D eigenvalue weighted by Crippen LogP contribution is 2.49. The van der Waals surface area contributed by atoms with Crippen LogP contribution in [0, 0.1) is 17.0 Å². The second kappa shape index (κ2) is 7.09. The number of amides is 2. The maximum atomic E-state index is 14.4. The molecule has 1 aromatic rings. The lowest BCUT2D eigenvalue weighted by Gasteiger charge is -2.49. The normalized spacial score (nSPS) is 22.5. The number of hydrogen-bond acceptors (Lipinski definition) is 3.